The molecule has 1 aliphatic rings. The summed E-state index contributed by atoms with van der Waals surface area (Å²) in [5, 5.41) is 12.0. The number of carbonyl (C=O) groups is 3. The van der Waals surface area contributed by atoms with E-state index < -0.39 is 18.0 Å². The number of aryl methyl sites for hydroxylation is 1. The molecular formula is C26H28N4O4S. The Kier molecular flexibility index (Phi) is 7.36. The molecule has 4 amide bonds. The van der Waals surface area contributed by atoms with Gasteiger partial charge in [0.15, 0.2) is 0 Å². The fraction of sp³-hybridized carbons (Fsp3) is 0.269. The van der Waals surface area contributed by atoms with Gasteiger partial charge in [-0.25, -0.2) is 14.4 Å². The molecule has 4 rings (SSSR count). The predicted molar refractivity (Wildman–Crippen MR) is 136 cm³/mol. The third-order valence-corrected chi connectivity index (χ3v) is 6.84. The summed E-state index contributed by atoms with van der Waals surface area (Å²) in [5.41, 5.74) is 2.31. The number of aliphatic carboxylic acids is 1. The minimum atomic E-state index is -1.16. The number of amides is 4. The van der Waals surface area contributed by atoms with Crippen LogP contribution in [0, 0.1) is 6.92 Å². The Morgan fingerprint density at radius 1 is 0.971 bits per heavy atom. The number of nitrogens with zero attached hydrogens (tertiary/aromatic N) is 4. The van der Waals surface area contributed by atoms with E-state index in [9.17, 15) is 19.5 Å². The number of hydrogen-bond donors (Lipinski definition) is 1. The molecular weight excluding hydrogens is 464 g/mol. The highest BCUT2D eigenvalue weighted by molar-refractivity contribution is 7.10. The number of benzene rings is 2. The van der Waals surface area contributed by atoms with Crippen LogP contribution in [0.1, 0.15) is 10.4 Å². The zero-order valence-corrected chi connectivity index (χ0v) is 20.5. The van der Waals surface area contributed by atoms with Crippen LogP contribution in [0.2, 0.25) is 0 Å². The quantitative estimate of drug-likeness (QED) is 0.563. The van der Waals surface area contributed by atoms with E-state index in [1.165, 1.54) is 19.6 Å². The lowest BCUT2D eigenvalue weighted by Crippen LogP contribution is -2.62. The second-order valence-corrected chi connectivity index (χ2v) is 9.60. The molecule has 1 aliphatic heterocycles. The minimum absolute atomic E-state index is 0.0790. The van der Waals surface area contributed by atoms with Gasteiger partial charge in [-0.15, -0.1) is 11.3 Å². The number of piperazine rings is 1. The number of anilines is 2. The molecule has 3 aromatic rings. The fourth-order valence-electron chi connectivity index (χ4n) is 4.21. The molecule has 0 spiro atoms. The first kappa shape index (κ1) is 24.3. The molecule has 1 N–H and O–H groups in total. The zero-order chi connectivity index (χ0) is 24.9. The van der Waals surface area contributed by atoms with E-state index in [4.69, 9.17) is 0 Å². The van der Waals surface area contributed by atoms with Gasteiger partial charge in [0.1, 0.15) is 6.04 Å². The first-order valence-electron chi connectivity index (χ1n) is 11.3. The van der Waals surface area contributed by atoms with Crippen molar-refractivity contribution in [3.8, 4) is 0 Å². The van der Waals surface area contributed by atoms with Gasteiger partial charge < -0.3 is 19.8 Å². The van der Waals surface area contributed by atoms with Crippen LogP contribution in [-0.2, 0) is 11.3 Å². The number of hydrogen-bond acceptors (Lipinski definition) is 4. The van der Waals surface area contributed by atoms with Crippen molar-refractivity contribution in [3.05, 3.63) is 82.6 Å². The molecule has 9 heteroatoms. The lowest BCUT2D eigenvalue weighted by Gasteiger charge is -2.42. The van der Waals surface area contributed by atoms with E-state index in [0.717, 1.165) is 5.56 Å². The molecule has 0 saturated carbocycles. The molecule has 1 fully saturated rings. The number of carboxylic acids is 1. The van der Waals surface area contributed by atoms with Gasteiger partial charge >= 0.3 is 18.0 Å². The highest BCUT2D eigenvalue weighted by Gasteiger charge is 2.40. The van der Waals surface area contributed by atoms with Gasteiger partial charge in [-0.1, -0.05) is 36.4 Å². The van der Waals surface area contributed by atoms with Gasteiger partial charge in [-0.05, 0) is 48.2 Å². The van der Waals surface area contributed by atoms with E-state index >= 15 is 0 Å². The standard InChI is InChI=1S/C26H28N4O4S/c1-19-15-20(18-35-19)16-27(2)25(33)28-13-14-29(23(17-28)24(31)32)26(34)30(21-9-5-3-6-10-21)22-11-7-4-8-12-22/h3-12,15,18,23H,13-14,16-17H2,1-2H3,(H,31,32)/t23-/m0/s1. The topological polar surface area (TPSA) is 84.4 Å². The van der Waals surface area contributed by atoms with Crippen LogP contribution in [0.5, 0.6) is 0 Å². The Hall–Kier alpha value is -3.85. The van der Waals surface area contributed by atoms with E-state index in [-0.39, 0.29) is 25.7 Å². The van der Waals surface area contributed by atoms with Crippen LogP contribution in [0.4, 0.5) is 21.0 Å². The molecule has 8 nitrogen and oxygen atoms in total. The summed E-state index contributed by atoms with van der Waals surface area (Å²) >= 11 is 1.62. The first-order valence-corrected chi connectivity index (χ1v) is 12.2. The molecule has 182 valence electrons. The number of carboxylic acid groups (broad SMARTS) is 1. The maximum atomic E-state index is 13.7. The average Bonchev–Trinajstić information content (AvgIpc) is 3.28. The molecule has 1 atom stereocenters. The predicted octanol–water partition coefficient (Wildman–Crippen LogP) is 4.64. The van der Waals surface area contributed by atoms with E-state index in [2.05, 4.69) is 0 Å². The molecule has 35 heavy (non-hydrogen) atoms. The van der Waals surface area contributed by atoms with Crippen molar-refractivity contribution in [3.63, 3.8) is 0 Å². The van der Waals surface area contributed by atoms with Gasteiger partial charge in [0, 0.05) is 31.6 Å². The van der Waals surface area contributed by atoms with Crippen molar-refractivity contribution in [1.29, 1.82) is 0 Å². The Morgan fingerprint density at radius 3 is 2.09 bits per heavy atom. The molecule has 1 saturated heterocycles. The fourth-order valence-corrected chi connectivity index (χ4v) is 4.91. The average molecular weight is 493 g/mol. The Morgan fingerprint density at radius 2 is 1.57 bits per heavy atom. The molecule has 2 aromatic carbocycles. The maximum Gasteiger partial charge on any atom is 0.329 e. The summed E-state index contributed by atoms with van der Waals surface area (Å²) in [5.74, 6) is -1.15. The first-order chi connectivity index (χ1) is 16.8. The largest absolute Gasteiger partial charge is 0.480 e. The van der Waals surface area contributed by atoms with Gasteiger partial charge in [-0.2, -0.15) is 0 Å². The summed E-state index contributed by atoms with van der Waals surface area (Å²) in [6, 6.07) is 18.4. The van der Waals surface area contributed by atoms with Crippen molar-refractivity contribution >= 4 is 40.7 Å². The van der Waals surface area contributed by atoms with E-state index in [1.54, 1.807) is 23.3 Å². The van der Waals surface area contributed by atoms with Crippen LogP contribution >= 0.6 is 11.3 Å². The SMILES string of the molecule is Cc1cc(CN(C)C(=O)N2CCN(C(=O)N(c3ccccc3)c3ccccc3)[C@H](C(=O)O)C2)cs1. The summed E-state index contributed by atoms with van der Waals surface area (Å²) < 4.78 is 0. The van der Waals surface area contributed by atoms with Crippen LogP contribution in [0.15, 0.2) is 72.1 Å². The Bertz CT molecular complexity index is 1140. The molecule has 0 aliphatic carbocycles. The number of thiophene rings is 1. The van der Waals surface area contributed by atoms with Crippen LogP contribution < -0.4 is 4.90 Å². The molecule has 0 unspecified atom stereocenters. The highest BCUT2D eigenvalue weighted by atomic mass is 32.1. The van der Waals surface area contributed by atoms with E-state index in [0.29, 0.717) is 17.9 Å². The summed E-state index contributed by atoms with van der Waals surface area (Å²) in [7, 11) is 1.70. The smallest absolute Gasteiger partial charge is 0.329 e. The van der Waals surface area contributed by atoms with Crippen molar-refractivity contribution in [2.45, 2.75) is 19.5 Å². The normalized spacial score (nSPS) is 15.5. The highest BCUT2D eigenvalue weighted by Crippen LogP contribution is 2.28. The molecule has 0 radical (unpaired) electrons. The van der Waals surface area contributed by atoms with Crippen molar-refractivity contribution < 1.29 is 19.5 Å². The number of rotatable bonds is 5. The second kappa shape index (κ2) is 10.6. The molecule has 2 heterocycles. The molecule has 0 bridgehead atoms. The van der Waals surface area contributed by atoms with Crippen molar-refractivity contribution in [1.82, 2.24) is 14.7 Å². The maximum absolute atomic E-state index is 13.7. The number of para-hydroxylation sites is 2. The monoisotopic (exact) mass is 492 g/mol. The van der Waals surface area contributed by atoms with Gasteiger partial charge in [0.25, 0.3) is 0 Å². The summed E-state index contributed by atoms with van der Waals surface area (Å²) in [6.07, 6.45) is 0. The summed E-state index contributed by atoms with van der Waals surface area (Å²) in [6.45, 7) is 2.74. The number of carbonyl (C=O) groups excluding carboxylic acids is 2. The van der Waals surface area contributed by atoms with Gasteiger partial charge in [0.2, 0.25) is 0 Å². The number of urea groups is 2. The molecule has 1 aromatic heterocycles. The third kappa shape index (κ3) is 5.46. The van der Waals surface area contributed by atoms with Crippen molar-refractivity contribution in [2.75, 3.05) is 31.6 Å². The van der Waals surface area contributed by atoms with Crippen LogP contribution in [0.3, 0.4) is 0 Å². The van der Waals surface area contributed by atoms with Gasteiger partial charge in [0.05, 0.1) is 17.9 Å². The van der Waals surface area contributed by atoms with E-state index in [1.807, 2.05) is 79.0 Å². The summed E-state index contributed by atoms with van der Waals surface area (Å²) in [4.78, 5) is 46.2. The lowest BCUT2D eigenvalue weighted by atomic mass is 10.1. The zero-order valence-electron chi connectivity index (χ0n) is 19.7. The Balaban J connectivity index is 1.53. The minimum Gasteiger partial charge on any atom is -0.480 e. The van der Waals surface area contributed by atoms with Gasteiger partial charge in [-0.3, -0.25) is 4.90 Å². The Labute approximate surface area is 208 Å². The van der Waals surface area contributed by atoms with Crippen molar-refractivity contribution in [2.24, 2.45) is 0 Å². The second-order valence-electron chi connectivity index (χ2n) is 8.49. The van der Waals surface area contributed by atoms with Crippen LogP contribution in [0.25, 0.3) is 0 Å². The third-order valence-electron chi connectivity index (χ3n) is 5.93. The van der Waals surface area contributed by atoms with Crippen LogP contribution in [-0.4, -0.2) is 70.6 Å². The lowest BCUT2D eigenvalue weighted by molar-refractivity contribution is -0.143.